The Morgan fingerprint density at radius 1 is 1.12 bits per heavy atom. The number of aromatic hydroxyl groups is 1. The van der Waals surface area contributed by atoms with Crippen LogP contribution in [0.2, 0.25) is 5.02 Å². The largest absolute Gasteiger partial charge is 0.493 e. The summed E-state index contributed by atoms with van der Waals surface area (Å²) in [4.78, 5) is 12.3. The van der Waals surface area contributed by atoms with Crippen LogP contribution in [0.15, 0.2) is 81.4 Å². The maximum absolute atomic E-state index is 12.3. The second kappa shape index (κ2) is 10.2. The number of nitrogens with zero attached hydrogens (tertiary/aromatic N) is 3. The average Bonchev–Trinajstić information content (AvgIpc) is 3.07. The number of halogens is 2. The van der Waals surface area contributed by atoms with Gasteiger partial charge in [-0.2, -0.15) is 0 Å². The lowest BCUT2D eigenvalue weighted by Crippen LogP contribution is -2.07. The van der Waals surface area contributed by atoms with Crippen molar-refractivity contribution in [2.24, 2.45) is 10.2 Å². The first-order valence-electron chi connectivity index (χ1n) is 10.3. The lowest BCUT2D eigenvalue weighted by atomic mass is 10.1. The molecule has 1 aromatic heterocycles. The predicted octanol–water partition coefficient (Wildman–Crippen LogP) is 7.00. The molecule has 4 aromatic rings. The molecule has 0 spiro atoms. The summed E-state index contributed by atoms with van der Waals surface area (Å²) in [6.45, 7) is 2.13. The molecule has 6 nitrogen and oxygen atoms in total. The summed E-state index contributed by atoms with van der Waals surface area (Å²) in [5, 5.41) is 20.1. The number of aromatic nitrogens is 1. The lowest BCUT2D eigenvalue weighted by molar-refractivity contribution is -0.120. The van der Waals surface area contributed by atoms with Crippen molar-refractivity contribution < 1.29 is 14.6 Å². The van der Waals surface area contributed by atoms with E-state index in [0.717, 1.165) is 27.5 Å². The number of carbonyl (C=O) groups excluding carboxylic acids is 1. The van der Waals surface area contributed by atoms with Gasteiger partial charge in [0.15, 0.2) is 12.3 Å². The van der Waals surface area contributed by atoms with Gasteiger partial charge in [0, 0.05) is 21.4 Å². The smallest absolute Gasteiger partial charge is 0.302 e. The molecule has 3 aromatic carbocycles. The molecule has 0 atom stereocenters. The number of fused-ring (bicyclic) bond motifs is 1. The molecule has 8 heteroatoms. The lowest BCUT2D eigenvalue weighted by Gasteiger charge is -2.07. The highest BCUT2D eigenvalue weighted by Crippen LogP contribution is 2.40. The van der Waals surface area contributed by atoms with Crippen LogP contribution in [-0.4, -0.2) is 22.2 Å². The molecule has 0 fully saturated rings. The summed E-state index contributed by atoms with van der Waals surface area (Å²) >= 11 is 9.47. The fourth-order valence-electron chi connectivity index (χ4n) is 3.49. The third kappa shape index (κ3) is 5.43. The molecule has 0 unspecified atom stereocenters. The van der Waals surface area contributed by atoms with E-state index < -0.39 is 5.91 Å². The van der Waals surface area contributed by atoms with Crippen LogP contribution >= 0.6 is 27.5 Å². The van der Waals surface area contributed by atoms with Gasteiger partial charge in [0.1, 0.15) is 5.75 Å². The van der Waals surface area contributed by atoms with Crippen LogP contribution in [0.5, 0.6) is 11.6 Å². The number of hydrogen-bond donors (Lipinski definition) is 1. The van der Waals surface area contributed by atoms with Crippen LogP contribution in [0.3, 0.4) is 0 Å². The van der Waals surface area contributed by atoms with E-state index >= 15 is 0 Å². The molecule has 1 heterocycles. The van der Waals surface area contributed by atoms with Gasteiger partial charge in [0.2, 0.25) is 5.88 Å². The highest BCUT2D eigenvalue weighted by molar-refractivity contribution is 9.10. The third-order valence-electron chi connectivity index (χ3n) is 5.19. The van der Waals surface area contributed by atoms with E-state index in [1.165, 1.54) is 0 Å². The van der Waals surface area contributed by atoms with Gasteiger partial charge in [0.05, 0.1) is 5.52 Å². The maximum Gasteiger partial charge on any atom is 0.302 e. The summed E-state index contributed by atoms with van der Waals surface area (Å²) < 4.78 is 8.10. The maximum atomic E-state index is 12.3. The molecular formula is C25H21BrClN3O3. The van der Waals surface area contributed by atoms with Gasteiger partial charge in [-0.3, -0.25) is 4.79 Å². The molecule has 0 aliphatic carbocycles. The highest BCUT2D eigenvalue weighted by atomic mass is 79.9. The molecule has 0 bridgehead atoms. The van der Waals surface area contributed by atoms with E-state index in [0.29, 0.717) is 22.7 Å². The van der Waals surface area contributed by atoms with Gasteiger partial charge in [-0.05, 0) is 60.9 Å². The number of hydrogen-bond acceptors (Lipinski definition) is 4. The van der Waals surface area contributed by atoms with Gasteiger partial charge in [-0.1, -0.05) is 57.9 Å². The molecule has 1 amide bonds. The monoisotopic (exact) mass is 525 g/mol. The number of amides is 1. The first-order valence-corrected chi connectivity index (χ1v) is 11.5. The highest BCUT2D eigenvalue weighted by Gasteiger charge is 2.17. The van der Waals surface area contributed by atoms with Crippen molar-refractivity contribution in [3.63, 3.8) is 0 Å². The van der Waals surface area contributed by atoms with Gasteiger partial charge in [0.25, 0.3) is 0 Å². The van der Waals surface area contributed by atoms with E-state index in [9.17, 15) is 9.90 Å². The number of azo groups is 1. The van der Waals surface area contributed by atoms with Gasteiger partial charge >= 0.3 is 5.91 Å². The molecule has 0 saturated heterocycles. The SMILES string of the molecule is Cc1cc(OCC(=O)N=Nc2c(O)n(CCc3ccccc3)c3ccc(Br)cc23)ccc1Cl. The van der Waals surface area contributed by atoms with Crippen LogP contribution in [0.25, 0.3) is 10.9 Å². The first-order chi connectivity index (χ1) is 15.9. The third-order valence-corrected chi connectivity index (χ3v) is 6.11. The van der Waals surface area contributed by atoms with Crippen molar-refractivity contribution in [2.45, 2.75) is 19.9 Å². The van der Waals surface area contributed by atoms with E-state index in [4.69, 9.17) is 16.3 Å². The minimum Gasteiger partial charge on any atom is -0.493 e. The van der Waals surface area contributed by atoms with Gasteiger partial charge in [-0.25, -0.2) is 0 Å². The Balaban J connectivity index is 1.54. The number of aryl methyl sites for hydroxylation is 3. The Bertz CT molecular complexity index is 1340. The minimum atomic E-state index is -0.567. The fourth-order valence-corrected chi connectivity index (χ4v) is 3.97. The number of carbonyl (C=O) groups is 1. The van der Waals surface area contributed by atoms with E-state index in [1.54, 1.807) is 22.8 Å². The van der Waals surface area contributed by atoms with Crippen molar-refractivity contribution in [2.75, 3.05) is 6.61 Å². The van der Waals surface area contributed by atoms with Crippen molar-refractivity contribution in [3.05, 3.63) is 87.4 Å². The average molecular weight is 527 g/mol. The van der Waals surface area contributed by atoms with E-state index in [-0.39, 0.29) is 18.2 Å². The molecule has 0 saturated carbocycles. The molecule has 0 aliphatic rings. The summed E-state index contributed by atoms with van der Waals surface area (Å²) in [6, 6.07) is 20.8. The van der Waals surface area contributed by atoms with E-state index in [2.05, 4.69) is 26.2 Å². The topological polar surface area (TPSA) is 76.2 Å². The van der Waals surface area contributed by atoms with Crippen molar-refractivity contribution in [1.29, 1.82) is 0 Å². The van der Waals surface area contributed by atoms with Gasteiger partial charge in [-0.15, -0.1) is 10.2 Å². The molecule has 0 radical (unpaired) electrons. The number of ether oxygens (including phenoxy) is 1. The molecule has 33 heavy (non-hydrogen) atoms. The number of rotatable bonds is 7. The van der Waals surface area contributed by atoms with Gasteiger partial charge < -0.3 is 14.4 Å². The summed E-state index contributed by atoms with van der Waals surface area (Å²) in [7, 11) is 0. The molecule has 1 N–H and O–H groups in total. The Kier molecular flexibility index (Phi) is 7.11. The minimum absolute atomic E-state index is 0.0372. The van der Waals surface area contributed by atoms with Crippen LogP contribution < -0.4 is 4.74 Å². The first kappa shape index (κ1) is 23.0. The van der Waals surface area contributed by atoms with Crippen molar-refractivity contribution >= 4 is 50.0 Å². The van der Waals surface area contributed by atoms with Crippen LogP contribution in [-0.2, 0) is 17.8 Å². The standard InChI is InChI=1S/C25H21BrClN3O3/c1-16-13-19(8-9-21(16)27)33-15-23(31)28-29-24-20-14-18(26)7-10-22(20)30(25(24)32)12-11-17-5-3-2-4-6-17/h2-10,13-14,32H,11-12,15H2,1H3. The summed E-state index contributed by atoms with van der Waals surface area (Å²) in [6.07, 6.45) is 0.734. The van der Waals surface area contributed by atoms with Crippen LogP contribution in [0, 0.1) is 6.92 Å². The second-order valence-corrected chi connectivity index (χ2v) is 8.84. The summed E-state index contributed by atoms with van der Waals surface area (Å²) in [5.41, 5.74) is 3.06. The zero-order valence-electron chi connectivity index (χ0n) is 17.8. The Morgan fingerprint density at radius 3 is 2.67 bits per heavy atom. The molecular weight excluding hydrogens is 506 g/mol. The second-order valence-electron chi connectivity index (χ2n) is 7.51. The Hall–Kier alpha value is -3.16. The van der Waals surface area contributed by atoms with Crippen LogP contribution in [0.1, 0.15) is 11.1 Å². The van der Waals surface area contributed by atoms with Crippen LogP contribution in [0.4, 0.5) is 5.69 Å². The van der Waals surface area contributed by atoms with E-state index in [1.807, 2.05) is 55.5 Å². The Morgan fingerprint density at radius 2 is 1.91 bits per heavy atom. The molecule has 4 rings (SSSR count). The predicted molar refractivity (Wildman–Crippen MR) is 133 cm³/mol. The zero-order chi connectivity index (χ0) is 23.4. The normalized spacial score (nSPS) is 11.4. The molecule has 0 aliphatic heterocycles. The fraction of sp³-hybridized carbons (Fsp3) is 0.160. The quantitative estimate of drug-likeness (QED) is 0.263. The molecule has 168 valence electrons. The zero-order valence-corrected chi connectivity index (χ0v) is 20.2. The number of benzene rings is 3. The summed E-state index contributed by atoms with van der Waals surface area (Å²) in [5.74, 6) is -0.0863. The van der Waals surface area contributed by atoms with Crippen molar-refractivity contribution in [3.8, 4) is 11.6 Å². The Labute approximate surface area is 204 Å². The van der Waals surface area contributed by atoms with Crippen molar-refractivity contribution in [1.82, 2.24) is 4.57 Å².